The van der Waals surface area contributed by atoms with Gasteiger partial charge in [0.05, 0.1) is 18.1 Å². The number of non-ortho nitro benzene ring substituents is 1. The maximum atomic E-state index is 12.0. The van der Waals surface area contributed by atoms with Crippen LogP contribution in [0.1, 0.15) is 32.6 Å². The summed E-state index contributed by atoms with van der Waals surface area (Å²) >= 11 is 0. The van der Waals surface area contributed by atoms with E-state index in [-0.39, 0.29) is 30.0 Å². The van der Waals surface area contributed by atoms with E-state index in [1.54, 1.807) is 0 Å². The molecule has 1 N–H and O–H groups in total. The van der Waals surface area contributed by atoms with Gasteiger partial charge in [0.15, 0.2) is 18.1 Å². The van der Waals surface area contributed by atoms with Gasteiger partial charge in [0.25, 0.3) is 11.6 Å². The zero-order chi connectivity index (χ0) is 16.8. The molecular formula is C16H22N2O5. The van der Waals surface area contributed by atoms with Gasteiger partial charge >= 0.3 is 0 Å². The molecule has 1 aliphatic rings. The Morgan fingerprint density at radius 2 is 2.09 bits per heavy atom. The van der Waals surface area contributed by atoms with Crippen LogP contribution >= 0.6 is 0 Å². The van der Waals surface area contributed by atoms with Gasteiger partial charge in [-0.05, 0) is 24.8 Å². The Kier molecular flexibility index (Phi) is 5.78. The number of ether oxygens (including phenoxy) is 2. The molecule has 0 spiro atoms. The molecule has 2 rings (SSSR count). The van der Waals surface area contributed by atoms with Gasteiger partial charge in [-0.1, -0.05) is 19.8 Å². The number of carbonyl (C=O) groups excluding carboxylic acids is 1. The Morgan fingerprint density at radius 3 is 2.74 bits per heavy atom. The van der Waals surface area contributed by atoms with E-state index in [1.165, 1.54) is 31.7 Å². The SMILES string of the molecule is COc1ccc([N+](=O)[O-])cc1OCC(=O)NC1CCCCC1C. The summed E-state index contributed by atoms with van der Waals surface area (Å²) in [7, 11) is 1.44. The Hall–Kier alpha value is -2.31. The van der Waals surface area contributed by atoms with Crippen LogP contribution in [0.25, 0.3) is 0 Å². The van der Waals surface area contributed by atoms with Gasteiger partial charge in [-0.3, -0.25) is 14.9 Å². The number of carbonyl (C=O) groups is 1. The van der Waals surface area contributed by atoms with Crippen LogP contribution in [-0.2, 0) is 4.79 Å². The summed E-state index contributed by atoms with van der Waals surface area (Å²) in [6.45, 7) is 1.94. The minimum absolute atomic E-state index is 0.109. The van der Waals surface area contributed by atoms with Crippen molar-refractivity contribution in [3.8, 4) is 11.5 Å². The van der Waals surface area contributed by atoms with Crippen molar-refractivity contribution in [1.29, 1.82) is 0 Å². The monoisotopic (exact) mass is 322 g/mol. The van der Waals surface area contributed by atoms with Gasteiger partial charge in [0, 0.05) is 12.1 Å². The molecular weight excluding hydrogens is 300 g/mol. The third-order valence-electron chi connectivity index (χ3n) is 4.17. The number of benzene rings is 1. The van der Waals surface area contributed by atoms with Crippen molar-refractivity contribution < 1.29 is 19.2 Å². The molecule has 1 amide bonds. The van der Waals surface area contributed by atoms with Gasteiger partial charge in [-0.2, -0.15) is 0 Å². The molecule has 0 bridgehead atoms. The van der Waals surface area contributed by atoms with Crippen LogP contribution in [0.3, 0.4) is 0 Å². The number of nitro groups is 1. The summed E-state index contributed by atoms with van der Waals surface area (Å²) in [6.07, 6.45) is 4.42. The second-order valence-electron chi connectivity index (χ2n) is 5.82. The maximum absolute atomic E-state index is 12.0. The lowest BCUT2D eigenvalue weighted by Gasteiger charge is -2.29. The van der Waals surface area contributed by atoms with Crippen molar-refractivity contribution in [2.75, 3.05) is 13.7 Å². The predicted octanol–water partition coefficient (Wildman–Crippen LogP) is 2.68. The summed E-state index contributed by atoms with van der Waals surface area (Å²) in [5.74, 6) is 0.778. The lowest BCUT2D eigenvalue weighted by molar-refractivity contribution is -0.385. The minimum Gasteiger partial charge on any atom is -0.493 e. The van der Waals surface area contributed by atoms with Crippen molar-refractivity contribution in [3.05, 3.63) is 28.3 Å². The van der Waals surface area contributed by atoms with Gasteiger partial charge in [0.2, 0.25) is 0 Å². The summed E-state index contributed by atoms with van der Waals surface area (Å²) < 4.78 is 10.5. The predicted molar refractivity (Wildman–Crippen MR) is 84.7 cm³/mol. The van der Waals surface area contributed by atoms with Gasteiger partial charge < -0.3 is 14.8 Å². The highest BCUT2D eigenvalue weighted by molar-refractivity contribution is 5.78. The molecule has 7 heteroatoms. The molecule has 2 unspecified atom stereocenters. The van der Waals surface area contributed by atoms with Crippen LogP contribution in [0.15, 0.2) is 18.2 Å². The zero-order valence-electron chi connectivity index (χ0n) is 13.4. The third kappa shape index (κ3) is 4.58. The van der Waals surface area contributed by atoms with Crippen molar-refractivity contribution in [1.82, 2.24) is 5.32 Å². The van der Waals surface area contributed by atoms with Crippen LogP contribution in [0.2, 0.25) is 0 Å². The molecule has 7 nitrogen and oxygen atoms in total. The van der Waals surface area contributed by atoms with E-state index >= 15 is 0 Å². The molecule has 23 heavy (non-hydrogen) atoms. The standard InChI is InChI=1S/C16H22N2O5/c1-11-5-3-4-6-13(11)17-16(19)10-23-15-9-12(18(20)21)7-8-14(15)22-2/h7-9,11,13H,3-6,10H2,1-2H3,(H,17,19). The topological polar surface area (TPSA) is 90.7 Å². The fraction of sp³-hybridized carbons (Fsp3) is 0.562. The van der Waals surface area contributed by atoms with Crippen molar-refractivity contribution in [2.24, 2.45) is 5.92 Å². The first-order valence-electron chi connectivity index (χ1n) is 7.76. The lowest BCUT2D eigenvalue weighted by Crippen LogP contribution is -2.43. The first kappa shape index (κ1) is 17.1. The van der Waals surface area contributed by atoms with E-state index in [0.717, 1.165) is 19.3 Å². The lowest BCUT2D eigenvalue weighted by atomic mass is 9.86. The van der Waals surface area contributed by atoms with Crippen molar-refractivity contribution in [2.45, 2.75) is 38.6 Å². The first-order valence-corrected chi connectivity index (χ1v) is 7.76. The quantitative estimate of drug-likeness (QED) is 0.642. The van der Waals surface area contributed by atoms with E-state index in [4.69, 9.17) is 9.47 Å². The zero-order valence-corrected chi connectivity index (χ0v) is 13.4. The number of nitrogens with zero attached hydrogens (tertiary/aromatic N) is 1. The summed E-state index contributed by atoms with van der Waals surface area (Å²) in [6, 6.07) is 4.21. The first-order chi connectivity index (χ1) is 11.0. The average Bonchev–Trinajstić information content (AvgIpc) is 2.54. The molecule has 2 atom stereocenters. The Balaban J connectivity index is 1.95. The maximum Gasteiger partial charge on any atom is 0.273 e. The van der Waals surface area contributed by atoms with Crippen molar-refractivity contribution >= 4 is 11.6 Å². The highest BCUT2D eigenvalue weighted by atomic mass is 16.6. The Morgan fingerprint density at radius 1 is 1.35 bits per heavy atom. The van der Waals surface area contributed by atoms with Gasteiger partial charge in [0.1, 0.15) is 0 Å². The van der Waals surface area contributed by atoms with Crippen LogP contribution in [0, 0.1) is 16.0 Å². The number of hydrogen-bond acceptors (Lipinski definition) is 5. The molecule has 0 saturated heterocycles. The summed E-state index contributed by atoms with van der Waals surface area (Å²) in [5.41, 5.74) is -0.109. The molecule has 0 aromatic heterocycles. The Labute approximate surface area is 135 Å². The van der Waals surface area contributed by atoms with E-state index in [0.29, 0.717) is 11.7 Å². The molecule has 1 saturated carbocycles. The highest BCUT2D eigenvalue weighted by Gasteiger charge is 2.23. The fourth-order valence-electron chi connectivity index (χ4n) is 2.81. The number of methoxy groups -OCH3 is 1. The minimum atomic E-state index is -0.518. The number of rotatable bonds is 6. The second-order valence-corrected chi connectivity index (χ2v) is 5.82. The number of hydrogen-bond donors (Lipinski definition) is 1. The molecule has 1 fully saturated rings. The van der Waals surface area contributed by atoms with Crippen LogP contribution < -0.4 is 14.8 Å². The number of nitrogens with one attached hydrogen (secondary N) is 1. The number of nitro benzene ring substituents is 1. The Bertz CT molecular complexity index is 576. The molecule has 0 aliphatic heterocycles. The molecule has 1 aromatic carbocycles. The van der Waals surface area contributed by atoms with Crippen molar-refractivity contribution in [3.63, 3.8) is 0 Å². The van der Waals surface area contributed by atoms with E-state index in [1.807, 2.05) is 0 Å². The van der Waals surface area contributed by atoms with E-state index in [2.05, 4.69) is 12.2 Å². The number of amides is 1. The third-order valence-corrected chi connectivity index (χ3v) is 4.17. The average molecular weight is 322 g/mol. The van der Waals surface area contributed by atoms with E-state index < -0.39 is 4.92 Å². The summed E-state index contributed by atoms with van der Waals surface area (Å²) in [4.78, 5) is 22.3. The van der Waals surface area contributed by atoms with E-state index in [9.17, 15) is 14.9 Å². The van der Waals surface area contributed by atoms with Crippen LogP contribution in [0.4, 0.5) is 5.69 Å². The van der Waals surface area contributed by atoms with Crippen LogP contribution in [0.5, 0.6) is 11.5 Å². The molecule has 0 radical (unpaired) electrons. The molecule has 126 valence electrons. The molecule has 0 heterocycles. The fourth-order valence-corrected chi connectivity index (χ4v) is 2.81. The largest absolute Gasteiger partial charge is 0.493 e. The normalized spacial score (nSPS) is 20.6. The van der Waals surface area contributed by atoms with Gasteiger partial charge in [-0.25, -0.2) is 0 Å². The highest BCUT2D eigenvalue weighted by Crippen LogP contribution is 2.31. The summed E-state index contributed by atoms with van der Waals surface area (Å²) in [5, 5.41) is 13.8. The smallest absolute Gasteiger partial charge is 0.273 e. The van der Waals surface area contributed by atoms with Crippen LogP contribution in [-0.4, -0.2) is 30.6 Å². The van der Waals surface area contributed by atoms with Gasteiger partial charge in [-0.15, -0.1) is 0 Å². The molecule has 1 aliphatic carbocycles. The second kappa shape index (κ2) is 7.80. The molecule has 1 aromatic rings.